The second-order valence-electron chi connectivity index (χ2n) is 10.1. The number of carbonyl (C=O) groups is 2. The minimum absolute atomic E-state index is 0.0454. The van der Waals surface area contributed by atoms with Gasteiger partial charge in [-0.15, -0.1) is 0 Å². The van der Waals surface area contributed by atoms with E-state index in [1.54, 1.807) is 12.1 Å². The number of aromatic nitrogens is 1. The molecule has 0 bridgehead atoms. The molecule has 0 radical (unpaired) electrons. The molecule has 0 spiro atoms. The van der Waals surface area contributed by atoms with Crippen molar-refractivity contribution in [2.24, 2.45) is 0 Å². The SMILES string of the molecule is CN1CCN(CCNC(=O)CC(C(=O)NCc2ccc(F)cc2)c2ccc3c(c2)[nH]c2ccccc23)CC1. The van der Waals surface area contributed by atoms with Gasteiger partial charge in [0.05, 0.1) is 5.92 Å². The first-order valence-corrected chi connectivity index (χ1v) is 13.2. The van der Waals surface area contributed by atoms with Crippen molar-refractivity contribution in [3.63, 3.8) is 0 Å². The van der Waals surface area contributed by atoms with Crippen LogP contribution in [0.3, 0.4) is 0 Å². The van der Waals surface area contributed by atoms with Gasteiger partial charge in [0.25, 0.3) is 0 Å². The topological polar surface area (TPSA) is 80.5 Å². The number of nitrogens with one attached hydrogen (secondary N) is 3. The molecule has 38 heavy (non-hydrogen) atoms. The van der Waals surface area contributed by atoms with E-state index < -0.39 is 5.92 Å². The number of amides is 2. The number of fused-ring (bicyclic) bond motifs is 3. The van der Waals surface area contributed by atoms with E-state index >= 15 is 0 Å². The Labute approximate surface area is 222 Å². The fraction of sp³-hybridized carbons (Fsp3) is 0.333. The van der Waals surface area contributed by atoms with Gasteiger partial charge in [-0.05, 0) is 42.4 Å². The number of halogens is 1. The number of carbonyl (C=O) groups excluding carboxylic acids is 2. The van der Waals surface area contributed by atoms with E-state index in [9.17, 15) is 14.0 Å². The lowest BCUT2D eigenvalue weighted by atomic mass is 9.93. The Morgan fingerprint density at radius 2 is 1.66 bits per heavy atom. The molecule has 7 nitrogen and oxygen atoms in total. The molecule has 2 heterocycles. The number of hydrogen-bond donors (Lipinski definition) is 3. The molecule has 198 valence electrons. The first-order valence-electron chi connectivity index (χ1n) is 13.2. The zero-order valence-corrected chi connectivity index (χ0v) is 21.7. The van der Waals surface area contributed by atoms with Crippen molar-refractivity contribution in [3.8, 4) is 0 Å². The molecule has 0 saturated carbocycles. The van der Waals surface area contributed by atoms with Crippen LogP contribution in [0.2, 0.25) is 0 Å². The largest absolute Gasteiger partial charge is 0.355 e. The maximum absolute atomic E-state index is 13.4. The number of rotatable bonds is 9. The summed E-state index contributed by atoms with van der Waals surface area (Å²) < 4.78 is 13.3. The van der Waals surface area contributed by atoms with Crippen LogP contribution in [0, 0.1) is 5.82 Å². The first-order chi connectivity index (χ1) is 18.5. The lowest BCUT2D eigenvalue weighted by Gasteiger charge is -2.32. The number of para-hydroxylation sites is 1. The van der Waals surface area contributed by atoms with Gasteiger partial charge in [0.15, 0.2) is 0 Å². The van der Waals surface area contributed by atoms with E-state index in [0.717, 1.165) is 65.7 Å². The summed E-state index contributed by atoms with van der Waals surface area (Å²) in [4.78, 5) is 34.4. The summed E-state index contributed by atoms with van der Waals surface area (Å²) in [5.41, 5.74) is 3.52. The van der Waals surface area contributed by atoms with Gasteiger partial charge in [0, 0.05) is 74.0 Å². The molecule has 1 aromatic heterocycles. The second kappa shape index (κ2) is 11.8. The highest BCUT2D eigenvalue weighted by Gasteiger charge is 2.25. The summed E-state index contributed by atoms with van der Waals surface area (Å²) in [6.45, 7) is 5.64. The molecule has 3 aromatic carbocycles. The van der Waals surface area contributed by atoms with Gasteiger partial charge in [0.1, 0.15) is 5.82 Å². The number of benzene rings is 3. The first kappa shape index (κ1) is 25.9. The van der Waals surface area contributed by atoms with Crippen molar-refractivity contribution >= 4 is 33.6 Å². The van der Waals surface area contributed by atoms with Gasteiger partial charge in [-0.3, -0.25) is 14.5 Å². The van der Waals surface area contributed by atoms with Crippen LogP contribution in [-0.4, -0.2) is 72.9 Å². The van der Waals surface area contributed by atoms with Crippen LogP contribution in [0.4, 0.5) is 4.39 Å². The van der Waals surface area contributed by atoms with E-state index in [-0.39, 0.29) is 30.6 Å². The summed E-state index contributed by atoms with van der Waals surface area (Å²) >= 11 is 0. The maximum atomic E-state index is 13.4. The van der Waals surface area contributed by atoms with Crippen molar-refractivity contribution in [1.29, 1.82) is 0 Å². The molecular formula is C30H34FN5O2. The smallest absolute Gasteiger partial charge is 0.228 e. The minimum atomic E-state index is -0.658. The van der Waals surface area contributed by atoms with Gasteiger partial charge in [0.2, 0.25) is 11.8 Å². The van der Waals surface area contributed by atoms with E-state index in [1.165, 1.54) is 12.1 Å². The number of piperazine rings is 1. The molecule has 1 aliphatic rings. The van der Waals surface area contributed by atoms with E-state index in [4.69, 9.17) is 0 Å². The average molecular weight is 516 g/mol. The molecule has 1 fully saturated rings. The van der Waals surface area contributed by atoms with Crippen LogP contribution in [0.5, 0.6) is 0 Å². The Morgan fingerprint density at radius 3 is 2.45 bits per heavy atom. The van der Waals surface area contributed by atoms with E-state index in [2.05, 4.69) is 38.5 Å². The molecule has 1 atom stereocenters. The lowest BCUT2D eigenvalue weighted by Crippen LogP contribution is -2.47. The van der Waals surface area contributed by atoms with Crippen LogP contribution in [0.1, 0.15) is 23.5 Å². The molecule has 0 aliphatic carbocycles. The zero-order valence-electron chi connectivity index (χ0n) is 21.7. The molecule has 2 amide bonds. The van der Waals surface area contributed by atoms with Gasteiger partial charge in [-0.1, -0.05) is 42.5 Å². The summed E-state index contributed by atoms with van der Waals surface area (Å²) in [6.07, 6.45) is 0.0454. The summed E-state index contributed by atoms with van der Waals surface area (Å²) in [5.74, 6) is -1.37. The quantitative estimate of drug-likeness (QED) is 0.318. The van der Waals surface area contributed by atoms with Crippen molar-refractivity contribution in [3.05, 3.63) is 83.7 Å². The molecule has 8 heteroatoms. The Kier molecular flexibility index (Phi) is 8.00. The van der Waals surface area contributed by atoms with Crippen molar-refractivity contribution in [1.82, 2.24) is 25.4 Å². The third kappa shape index (κ3) is 6.20. The standard InChI is InChI=1S/C30H34FN5O2/c1-35-14-16-36(17-15-35)13-12-32-29(37)19-26(30(38)33-20-21-6-9-23(31)10-7-21)22-8-11-25-24-4-2-3-5-27(24)34-28(25)18-22/h2-11,18,26,34H,12-17,19-20H2,1H3,(H,32,37)(H,33,38). The van der Waals surface area contributed by atoms with Crippen LogP contribution in [0.15, 0.2) is 66.7 Å². The lowest BCUT2D eigenvalue weighted by molar-refractivity contribution is -0.128. The predicted octanol–water partition coefficient (Wildman–Crippen LogP) is 3.61. The van der Waals surface area contributed by atoms with Crippen LogP contribution in [0.25, 0.3) is 21.8 Å². The van der Waals surface area contributed by atoms with E-state index in [1.807, 2.05) is 36.4 Å². The number of H-pyrrole nitrogens is 1. The Hall–Kier alpha value is -3.75. The predicted molar refractivity (Wildman–Crippen MR) is 148 cm³/mol. The van der Waals surface area contributed by atoms with E-state index in [0.29, 0.717) is 6.54 Å². The average Bonchev–Trinajstić information content (AvgIpc) is 3.30. The minimum Gasteiger partial charge on any atom is -0.355 e. The number of aromatic amines is 1. The molecule has 1 saturated heterocycles. The fourth-order valence-electron chi connectivity index (χ4n) is 5.05. The van der Waals surface area contributed by atoms with Crippen molar-refractivity contribution < 1.29 is 14.0 Å². The van der Waals surface area contributed by atoms with Crippen molar-refractivity contribution in [2.75, 3.05) is 46.3 Å². The van der Waals surface area contributed by atoms with Gasteiger partial charge in [-0.25, -0.2) is 4.39 Å². The Balaban J connectivity index is 1.29. The molecular weight excluding hydrogens is 481 g/mol. The summed E-state index contributed by atoms with van der Waals surface area (Å²) in [6, 6.07) is 20.0. The Morgan fingerprint density at radius 1 is 0.921 bits per heavy atom. The maximum Gasteiger partial charge on any atom is 0.228 e. The fourth-order valence-corrected chi connectivity index (χ4v) is 5.05. The molecule has 4 aromatic rings. The Bertz CT molecular complexity index is 1410. The van der Waals surface area contributed by atoms with Crippen LogP contribution >= 0.6 is 0 Å². The summed E-state index contributed by atoms with van der Waals surface area (Å²) in [5, 5.41) is 8.15. The number of hydrogen-bond acceptors (Lipinski definition) is 4. The summed E-state index contributed by atoms with van der Waals surface area (Å²) in [7, 11) is 2.12. The zero-order chi connectivity index (χ0) is 26.5. The molecule has 1 aliphatic heterocycles. The number of likely N-dealkylation sites (N-methyl/N-ethyl adjacent to an activating group) is 1. The van der Waals surface area contributed by atoms with Crippen molar-refractivity contribution in [2.45, 2.75) is 18.9 Å². The van der Waals surface area contributed by atoms with Gasteiger partial charge in [-0.2, -0.15) is 0 Å². The van der Waals surface area contributed by atoms with Gasteiger partial charge < -0.3 is 20.5 Å². The highest BCUT2D eigenvalue weighted by Crippen LogP contribution is 2.29. The van der Waals surface area contributed by atoms with Crippen LogP contribution < -0.4 is 10.6 Å². The highest BCUT2D eigenvalue weighted by atomic mass is 19.1. The normalized spacial score (nSPS) is 15.5. The third-order valence-electron chi connectivity index (χ3n) is 7.36. The molecule has 3 N–H and O–H groups in total. The molecule has 1 unspecified atom stereocenters. The molecule has 5 rings (SSSR count). The van der Waals surface area contributed by atoms with Crippen LogP contribution in [-0.2, 0) is 16.1 Å². The van der Waals surface area contributed by atoms with Gasteiger partial charge >= 0.3 is 0 Å². The number of nitrogens with zero attached hydrogens (tertiary/aromatic N) is 2. The highest BCUT2D eigenvalue weighted by molar-refractivity contribution is 6.07. The second-order valence-corrected chi connectivity index (χ2v) is 10.1. The third-order valence-corrected chi connectivity index (χ3v) is 7.36. The monoisotopic (exact) mass is 515 g/mol.